The number of aliphatic hydroxyl groups is 1. The topological polar surface area (TPSA) is 62.2 Å². The molecule has 5 nitrogen and oxygen atoms in total. The average Bonchev–Trinajstić information content (AvgIpc) is 2.90. The Bertz CT molecular complexity index is 835. The molecule has 0 radical (unpaired) electrons. The summed E-state index contributed by atoms with van der Waals surface area (Å²) >= 11 is 0. The van der Waals surface area contributed by atoms with E-state index in [9.17, 15) is 5.11 Å². The molecular formula is C24H31NO4. The molecule has 0 bridgehead atoms. The van der Waals surface area contributed by atoms with E-state index in [0.29, 0.717) is 11.5 Å². The summed E-state index contributed by atoms with van der Waals surface area (Å²) in [6, 6.07) is 13.9. The van der Waals surface area contributed by atoms with E-state index in [1.165, 1.54) is 37.5 Å². The summed E-state index contributed by atoms with van der Waals surface area (Å²) < 4.78 is 4.93. The third kappa shape index (κ3) is 5.38. The molecule has 2 aromatic carbocycles. The molecule has 2 aromatic rings. The Morgan fingerprint density at radius 1 is 1.10 bits per heavy atom. The number of aryl methyl sites for hydroxylation is 1. The van der Waals surface area contributed by atoms with E-state index >= 15 is 0 Å². The molecule has 1 aliphatic carbocycles. The molecule has 2 N–H and O–H groups in total. The SMILES string of the molecule is COc1cc(C)ccc1OO.OCN1Cc2ccccc2CC2(C=CCCC2)C1. The van der Waals surface area contributed by atoms with Crippen molar-refractivity contribution in [3.05, 3.63) is 71.3 Å². The van der Waals surface area contributed by atoms with Crippen LogP contribution in [0.5, 0.6) is 11.5 Å². The first-order chi connectivity index (χ1) is 14.1. The fourth-order valence-electron chi connectivity index (χ4n) is 4.28. The molecule has 2 aliphatic rings. The number of allylic oxidation sites excluding steroid dienone is 1. The first-order valence-electron chi connectivity index (χ1n) is 10.1. The van der Waals surface area contributed by atoms with Crippen LogP contribution in [-0.2, 0) is 13.0 Å². The highest BCUT2D eigenvalue weighted by Crippen LogP contribution is 2.38. The van der Waals surface area contributed by atoms with Gasteiger partial charge in [-0.2, -0.15) is 0 Å². The van der Waals surface area contributed by atoms with Crippen molar-refractivity contribution >= 4 is 0 Å². The lowest BCUT2D eigenvalue weighted by Gasteiger charge is -2.35. The van der Waals surface area contributed by atoms with Gasteiger partial charge in [0.25, 0.3) is 0 Å². The Kier molecular flexibility index (Phi) is 7.31. The lowest BCUT2D eigenvalue weighted by Crippen LogP contribution is -2.37. The molecule has 1 unspecified atom stereocenters. The van der Waals surface area contributed by atoms with Crippen LogP contribution in [0.1, 0.15) is 36.0 Å². The number of fused-ring (bicyclic) bond motifs is 1. The molecule has 5 heteroatoms. The molecule has 1 heterocycles. The Morgan fingerprint density at radius 2 is 1.90 bits per heavy atom. The van der Waals surface area contributed by atoms with Gasteiger partial charge in [-0.25, -0.2) is 5.26 Å². The number of hydrogen-bond acceptors (Lipinski definition) is 5. The molecule has 1 atom stereocenters. The molecule has 1 spiro atoms. The van der Waals surface area contributed by atoms with Crippen molar-refractivity contribution in [2.45, 2.75) is 39.2 Å². The van der Waals surface area contributed by atoms with Gasteiger partial charge in [0.1, 0.15) is 0 Å². The Labute approximate surface area is 173 Å². The van der Waals surface area contributed by atoms with E-state index < -0.39 is 0 Å². The van der Waals surface area contributed by atoms with Crippen molar-refractivity contribution in [2.24, 2.45) is 5.41 Å². The van der Waals surface area contributed by atoms with E-state index in [4.69, 9.17) is 9.99 Å². The van der Waals surface area contributed by atoms with E-state index in [0.717, 1.165) is 25.1 Å². The second kappa shape index (κ2) is 9.92. The fourth-order valence-corrected chi connectivity index (χ4v) is 4.28. The van der Waals surface area contributed by atoms with Crippen molar-refractivity contribution in [1.82, 2.24) is 4.90 Å². The van der Waals surface area contributed by atoms with Crippen molar-refractivity contribution in [3.63, 3.8) is 0 Å². The van der Waals surface area contributed by atoms with Gasteiger partial charge in [-0.3, -0.25) is 4.90 Å². The van der Waals surface area contributed by atoms with Gasteiger partial charge in [-0.05, 0) is 61.4 Å². The number of hydrogen-bond donors (Lipinski definition) is 2. The van der Waals surface area contributed by atoms with Crippen molar-refractivity contribution < 1.29 is 20.0 Å². The van der Waals surface area contributed by atoms with E-state index in [2.05, 4.69) is 46.2 Å². The lowest BCUT2D eigenvalue weighted by molar-refractivity contribution is -0.139. The normalized spacial score (nSPS) is 21.0. The molecule has 0 saturated heterocycles. The van der Waals surface area contributed by atoms with Crippen LogP contribution in [0.25, 0.3) is 0 Å². The number of ether oxygens (including phenoxy) is 1. The molecule has 156 valence electrons. The maximum atomic E-state index is 9.56. The quantitative estimate of drug-likeness (QED) is 0.451. The van der Waals surface area contributed by atoms with Gasteiger partial charge >= 0.3 is 0 Å². The maximum absolute atomic E-state index is 9.56. The second-order valence-corrected chi connectivity index (χ2v) is 7.98. The van der Waals surface area contributed by atoms with Crippen LogP contribution in [-0.4, -0.2) is 35.6 Å². The number of nitrogens with zero attached hydrogens (tertiary/aromatic N) is 1. The predicted octanol–water partition coefficient (Wildman–Crippen LogP) is 4.58. The Hall–Kier alpha value is -2.34. The Morgan fingerprint density at radius 3 is 2.55 bits per heavy atom. The number of benzene rings is 2. The van der Waals surface area contributed by atoms with Crippen LogP contribution >= 0.6 is 0 Å². The molecule has 0 fully saturated rings. The molecule has 0 aromatic heterocycles. The highest BCUT2D eigenvalue weighted by Gasteiger charge is 2.34. The van der Waals surface area contributed by atoms with Gasteiger partial charge < -0.3 is 14.7 Å². The number of rotatable bonds is 3. The van der Waals surface area contributed by atoms with Crippen LogP contribution in [0.15, 0.2) is 54.6 Å². The smallest absolute Gasteiger partial charge is 0.206 e. The first-order valence-corrected chi connectivity index (χ1v) is 10.1. The number of aliphatic hydroxyl groups excluding tert-OH is 1. The minimum atomic E-state index is 0.157. The highest BCUT2D eigenvalue weighted by molar-refractivity contribution is 5.42. The van der Waals surface area contributed by atoms with Gasteiger partial charge in [0.15, 0.2) is 5.75 Å². The van der Waals surface area contributed by atoms with E-state index in [1.807, 2.05) is 13.0 Å². The molecule has 4 rings (SSSR count). The zero-order valence-electron chi connectivity index (χ0n) is 17.3. The molecule has 0 saturated carbocycles. The largest absolute Gasteiger partial charge is 0.493 e. The van der Waals surface area contributed by atoms with E-state index in [-0.39, 0.29) is 12.1 Å². The third-order valence-corrected chi connectivity index (χ3v) is 5.73. The monoisotopic (exact) mass is 397 g/mol. The zero-order valence-corrected chi connectivity index (χ0v) is 17.3. The van der Waals surface area contributed by atoms with Crippen molar-refractivity contribution in [1.29, 1.82) is 0 Å². The highest BCUT2D eigenvalue weighted by atomic mass is 17.1. The van der Waals surface area contributed by atoms with Crippen molar-refractivity contribution in [2.75, 3.05) is 20.4 Å². The van der Waals surface area contributed by atoms with Gasteiger partial charge in [0.2, 0.25) is 5.75 Å². The summed E-state index contributed by atoms with van der Waals surface area (Å²) in [4.78, 5) is 6.23. The molecular weight excluding hydrogens is 366 g/mol. The van der Waals surface area contributed by atoms with Gasteiger partial charge in [-0.1, -0.05) is 42.5 Å². The summed E-state index contributed by atoms with van der Waals surface area (Å²) in [7, 11) is 1.53. The summed E-state index contributed by atoms with van der Waals surface area (Å²) in [5.74, 6) is 0.866. The summed E-state index contributed by atoms with van der Waals surface area (Å²) in [6.45, 7) is 3.95. The maximum Gasteiger partial charge on any atom is 0.206 e. The summed E-state index contributed by atoms with van der Waals surface area (Å²) in [6.07, 6.45) is 9.58. The van der Waals surface area contributed by atoms with Gasteiger partial charge in [0, 0.05) is 18.5 Å². The second-order valence-electron chi connectivity index (χ2n) is 7.98. The first kappa shape index (κ1) is 21.4. The fraction of sp³-hybridized carbons (Fsp3) is 0.417. The van der Waals surface area contributed by atoms with Crippen LogP contribution in [0, 0.1) is 12.3 Å². The third-order valence-electron chi connectivity index (χ3n) is 5.73. The molecule has 0 amide bonds. The van der Waals surface area contributed by atoms with Crippen LogP contribution in [0.2, 0.25) is 0 Å². The standard InChI is InChI=1S/C16H21NO.C8H10O3/c18-13-17-11-15-7-3-2-6-14(15)10-16(12-17)8-4-1-5-9-16;1-6-3-4-7(11-9)8(5-6)10-2/h2-4,6-8,18H,1,5,9-13H2;3-5,9H,1-2H3. The van der Waals surface area contributed by atoms with Gasteiger partial charge in [0.05, 0.1) is 13.8 Å². The molecule has 1 aliphatic heterocycles. The summed E-state index contributed by atoms with van der Waals surface area (Å²) in [5, 5.41) is 17.9. The van der Waals surface area contributed by atoms with Crippen LogP contribution < -0.4 is 9.62 Å². The Balaban J connectivity index is 0.000000188. The minimum absolute atomic E-state index is 0.157. The zero-order chi connectivity index (χ0) is 20.7. The number of methoxy groups -OCH3 is 1. The lowest BCUT2D eigenvalue weighted by atomic mass is 9.74. The van der Waals surface area contributed by atoms with Crippen molar-refractivity contribution in [3.8, 4) is 11.5 Å². The van der Waals surface area contributed by atoms with E-state index in [1.54, 1.807) is 12.1 Å². The average molecular weight is 398 g/mol. The predicted molar refractivity (Wildman–Crippen MR) is 114 cm³/mol. The minimum Gasteiger partial charge on any atom is -0.493 e. The van der Waals surface area contributed by atoms with Crippen LogP contribution in [0.3, 0.4) is 0 Å². The van der Waals surface area contributed by atoms with Gasteiger partial charge in [-0.15, -0.1) is 0 Å². The van der Waals surface area contributed by atoms with Crippen LogP contribution in [0.4, 0.5) is 0 Å². The molecule has 29 heavy (non-hydrogen) atoms. The summed E-state index contributed by atoms with van der Waals surface area (Å²) in [5.41, 5.74) is 4.14.